The Bertz CT molecular complexity index is 440. The minimum atomic E-state index is -0.538. The van der Waals surface area contributed by atoms with E-state index in [9.17, 15) is 14.9 Å². The van der Waals surface area contributed by atoms with Crippen LogP contribution < -0.4 is 0 Å². The lowest BCUT2D eigenvalue weighted by Gasteiger charge is -2.10. The first-order chi connectivity index (χ1) is 7.97. The van der Waals surface area contributed by atoms with Gasteiger partial charge in [-0.25, -0.2) is 4.79 Å². The molecule has 1 aromatic carbocycles. The van der Waals surface area contributed by atoms with Gasteiger partial charge in [-0.1, -0.05) is 19.9 Å². The monoisotopic (exact) mass is 237 g/mol. The summed E-state index contributed by atoms with van der Waals surface area (Å²) in [7, 11) is 1.26. The smallest absolute Gasteiger partial charge is 0.338 e. The number of esters is 1. The number of benzene rings is 1. The topological polar surface area (TPSA) is 69.4 Å². The first-order valence-corrected chi connectivity index (χ1v) is 5.32. The molecule has 5 nitrogen and oxygen atoms in total. The van der Waals surface area contributed by atoms with Crippen LogP contribution in [-0.2, 0) is 11.2 Å². The molecule has 0 N–H and O–H groups in total. The zero-order valence-corrected chi connectivity index (χ0v) is 10.1. The second kappa shape index (κ2) is 5.43. The van der Waals surface area contributed by atoms with Crippen LogP contribution in [0.3, 0.4) is 0 Å². The summed E-state index contributed by atoms with van der Waals surface area (Å²) < 4.78 is 4.63. The zero-order chi connectivity index (χ0) is 13.0. The molecule has 0 heterocycles. The SMILES string of the molecule is COC(=O)c1cccc([N+](=O)[O-])c1CC(C)C. The van der Waals surface area contributed by atoms with Crippen molar-refractivity contribution in [3.8, 4) is 0 Å². The maximum absolute atomic E-state index is 11.5. The molecule has 92 valence electrons. The van der Waals surface area contributed by atoms with Gasteiger partial charge in [-0.15, -0.1) is 0 Å². The summed E-state index contributed by atoms with van der Waals surface area (Å²) in [6.07, 6.45) is 0.474. The van der Waals surface area contributed by atoms with E-state index in [2.05, 4.69) is 4.74 Å². The molecule has 1 aromatic rings. The van der Waals surface area contributed by atoms with Gasteiger partial charge < -0.3 is 4.74 Å². The average molecular weight is 237 g/mol. The van der Waals surface area contributed by atoms with E-state index in [4.69, 9.17) is 0 Å². The lowest BCUT2D eigenvalue weighted by molar-refractivity contribution is -0.385. The van der Waals surface area contributed by atoms with Crippen LogP contribution in [-0.4, -0.2) is 18.0 Å². The van der Waals surface area contributed by atoms with Crippen molar-refractivity contribution in [3.63, 3.8) is 0 Å². The Morgan fingerprint density at radius 1 is 1.47 bits per heavy atom. The van der Waals surface area contributed by atoms with E-state index in [1.807, 2.05) is 13.8 Å². The summed E-state index contributed by atoms with van der Waals surface area (Å²) in [4.78, 5) is 22.0. The molecule has 0 atom stereocenters. The Morgan fingerprint density at radius 2 is 2.12 bits per heavy atom. The van der Waals surface area contributed by atoms with Gasteiger partial charge in [-0.05, 0) is 18.4 Å². The lowest BCUT2D eigenvalue weighted by Crippen LogP contribution is -2.10. The minimum absolute atomic E-state index is 0.0263. The molecule has 0 aliphatic heterocycles. The molecule has 0 aliphatic rings. The molecular formula is C12H15NO4. The van der Waals surface area contributed by atoms with Crippen LogP contribution >= 0.6 is 0 Å². The molecule has 0 radical (unpaired) electrons. The Labute approximate surface area is 99.5 Å². The molecule has 0 aliphatic carbocycles. The number of ether oxygens (including phenoxy) is 1. The highest BCUT2D eigenvalue weighted by Crippen LogP contribution is 2.25. The molecule has 17 heavy (non-hydrogen) atoms. The second-order valence-corrected chi connectivity index (χ2v) is 4.15. The molecular weight excluding hydrogens is 222 g/mol. The zero-order valence-electron chi connectivity index (χ0n) is 10.1. The summed E-state index contributed by atoms with van der Waals surface area (Å²) >= 11 is 0. The molecule has 0 aromatic heterocycles. The van der Waals surface area contributed by atoms with Crippen molar-refractivity contribution >= 4 is 11.7 Å². The number of nitrogens with zero attached hydrogens (tertiary/aromatic N) is 1. The molecule has 0 unspecified atom stereocenters. The molecule has 0 amide bonds. The van der Waals surface area contributed by atoms with E-state index in [1.165, 1.54) is 19.2 Å². The van der Waals surface area contributed by atoms with E-state index in [-0.39, 0.29) is 17.2 Å². The van der Waals surface area contributed by atoms with Crippen LogP contribution in [0.4, 0.5) is 5.69 Å². The predicted octanol–water partition coefficient (Wildman–Crippen LogP) is 2.58. The standard InChI is InChI=1S/C12H15NO4/c1-8(2)7-10-9(12(14)17-3)5-4-6-11(10)13(15)16/h4-6,8H,7H2,1-3H3. The van der Waals surface area contributed by atoms with Crippen molar-refractivity contribution in [2.75, 3.05) is 7.11 Å². The molecule has 0 bridgehead atoms. The number of hydrogen-bond acceptors (Lipinski definition) is 4. The maximum Gasteiger partial charge on any atom is 0.338 e. The van der Waals surface area contributed by atoms with E-state index >= 15 is 0 Å². The van der Waals surface area contributed by atoms with Crippen molar-refractivity contribution in [2.24, 2.45) is 5.92 Å². The molecule has 0 fully saturated rings. The average Bonchev–Trinajstić information content (AvgIpc) is 2.27. The van der Waals surface area contributed by atoms with Crippen molar-refractivity contribution in [2.45, 2.75) is 20.3 Å². The fourth-order valence-corrected chi connectivity index (χ4v) is 1.67. The van der Waals surface area contributed by atoms with Gasteiger partial charge in [0.1, 0.15) is 0 Å². The van der Waals surface area contributed by atoms with Crippen molar-refractivity contribution < 1.29 is 14.5 Å². The largest absolute Gasteiger partial charge is 0.465 e. The Kier molecular flexibility index (Phi) is 4.20. The Balaban J connectivity index is 3.33. The van der Waals surface area contributed by atoms with Crippen LogP contribution in [0.2, 0.25) is 0 Å². The molecule has 5 heteroatoms. The van der Waals surface area contributed by atoms with Gasteiger partial charge in [0.15, 0.2) is 0 Å². The lowest BCUT2D eigenvalue weighted by atomic mass is 9.96. The summed E-state index contributed by atoms with van der Waals surface area (Å²) in [6, 6.07) is 4.45. The second-order valence-electron chi connectivity index (χ2n) is 4.15. The van der Waals surface area contributed by atoms with Gasteiger partial charge in [0, 0.05) is 11.6 Å². The number of methoxy groups -OCH3 is 1. The fraction of sp³-hybridized carbons (Fsp3) is 0.417. The van der Waals surface area contributed by atoms with E-state index in [0.29, 0.717) is 12.0 Å². The highest BCUT2D eigenvalue weighted by atomic mass is 16.6. The van der Waals surface area contributed by atoms with E-state index in [1.54, 1.807) is 6.07 Å². The normalized spacial score (nSPS) is 10.4. The van der Waals surface area contributed by atoms with E-state index < -0.39 is 10.9 Å². The highest BCUT2D eigenvalue weighted by molar-refractivity contribution is 5.92. The molecule has 1 rings (SSSR count). The van der Waals surface area contributed by atoms with Crippen molar-refractivity contribution in [1.29, 1.82) is 0 Å². The van der Waals surface area contributed by atoms with Gasteiger partial charge >= 0.3 is 5.97 Å². The summed E-state index contributed by atoms with van der Waals surface area (Å²) in [5.74, 6) is -0.316. The first kappa shape index (κ1) is 13.2. The maximum atomic E-state index is 11.5. The Hall–Kier alpha value is -1.91. The van der Waals surface area contributed by atoms with Crippen LogP contribution in [0.25, 0.3) is 0 Å². The van der Waals surface area contributed by atoms with Crippen LogP contribution in [0.15, 0.2) is 18.2 Å². The summed E-state index contributed by atoms with van der Waals surface area (Å²) in [5, 5.41) is 10.9. The summed E-state index contributed by atoms with van der Waals surface area (Å²) in [6.45, 7) is 3.88. The van der Waals surface area contributed by atoms with Crippen LogP contribution in [0, 0.1) is 16.0 Å². The predicted molar refractivity (Wildman–Crippen MR) is 63.0 cm³/mol. The van der Waals surface area contributed by atoms with Gasteiger partial charge in [0.05, 0.1) is 17.6 Å². The third kappa shape index (κ3) is 3.03. The highest BCUT2D eigenvalue weighted by Gasteiger charge is 2.22. The van der Waals surface area contributed by atoms with Crippen LogP contribution in [0.1, 0.15) is 29.8 Å². The minimum Gasteiger partial charge on any atom is -0.465 e. The number of carbonyl (C=O) groups is 1. The molecule has 0 saturated carbocycles. The third-order valence-corrected chi connectivity index (χ3v) is 2.37. The fourth-order valence-electron chi connectivity index (χ4n) is 1.67. The number of rotatable bonds is 4. The van der Waals surface area contributed by atoms with Crippen LogP contribution in [0.5, 0.6) is 0 Å². The van der Waals surface area contributed by atoms with Gasteiger partial charge in [0.25, 0.3) is 5.69 Å². The Morgan fingerprint density at radius 3 is 2.59 bits per heavy atom. The third-order valence-electron chi connectivity index (χ3n) is 2.37. The van der Waals surface area contributed by atoms with Gasteiger partial charge in [0.2, 0.25) is 0 Å². The van der Waals surface area contributed by atoms with Gasteiger partial charge in [-0.3, -0.25) is 10.1 Å². The number of carbonyl (C=O) groups excluding carboxylic acids is 1. The quantitative estimate of drug-likeness (QED) is 0.458. The molecule has 0 spiro atoms. The first-order valence-electron chi connectivity index (χ1n) is 5.32. The van der Waals surface area contributed by atoms with E-state index in [0.717, 1.165) is 0 Å². The van der Waals surface area contributed by atoms with Crippen molar-refractivity contribution in [3.05, 3.63) is 39.4 Å². The molecule has 0 saturated heterocycles. The number of nitro benzene ring substituents is 1. The summed E-state index contributed by atoms with van der Waals surface area (Å²) in [5.41, 5.74) is 0.691. The number of nitro groups is 1. The van der Waals surface area contributed by atoms with Crippen molar-refractivity contribution in [1.82, 2.24) is 0 Å². The van der Waals surface area contributed by atoms with Gasteiger partial charge in [-0.2, -0.15) is 0 Å². The number of hydrogen-bond donors (Lipinski definition) is 0.